The Hall–Kier alpha value is -1.60. The number of nitro groups is 1. The highest BCUT2D eigenvalue weighted by Gasteiger charge is 2.36. The highest BCUT2D eigenvalue weighted by molar-refractivity contribution is 5.93. The van der Waals surface area contributed by atoms with E-state index in [-0.39, 0.29) is 35.2 Å². The summed E-state index contributed by atoms with van der Waals surface area (Å²) in [6, 6.07) is 2.74. The molecule has 0 aromatic carbocycles. The Labute approximate surface area is 116 Å². The van der Waals surface area contributed by atoms with Crippen molar-refractivity contribution in [2.75, 3.05) is 19.6 Å². The Kier molecular flexibility index (Phi) is 4.54. The third-order valence-electron chi connectivity index (χ3n) is 3.44. The number of aromatic nitrogens is 1. The molecule has 8 heteroatoms. The molecule has 0 radical (unpaired) electrons. The highest BCUT2D eigenvalue weighted by atomic mass is 35.5. The lowest BCUT2D eigenvalue weighted by atomic mass is 9.90. The number of hydrogen-bond donors (Lipinski definition) is 2. The normalized spacial score (nSPS) is 22.1. The number of halogens is 1. The van der Waals surface area contributed by atoms with Crippen molar-refractivity contribution in [3.05, 3.63) is 27.9 Å². The number of nitrogens with one attached hydrogen (secondary N) is 1. The van der Waals surface area contributed by atoms with Crippen LogP contribution in [0.2, 0.25) is 0 Å². The first-order chi connectivity index (χ1) is 8.45. The van der Waals surface area contributed by atoms with E-state index in [9.17, 15) is 14.9 Å². The molecule has 106 valence electrons. The summed E-state index contributed by atoms with van der Waals surface area (Å²) in [7, 11) is 0. The Morgan fingerprint density at radius 2 is 2.32 bits per heavy atom. The van der Waals surface area contributed by atoms with Crippen LogP contribution in [0.5, 0.6) is 0 Å². The maximum Gasteiger partial charge on any atom is 0.321 e. The van der Waals surface area contributed by atoms with Gasteiger partial charge in [0.2, 0.25) is 0 Å². The lowest BCUT2D eigenvalue weighted by Crippen LogP contribution is -2.34. The third kappa shape index (κ3) is 3.05. The lowest BCUT2D eigenvalue weighted by molar-refractivity contribution is -0.389. The maximum atomic E-state index is 12.1. The molecule has 2 rings (SSSR count). The Balaban J connectivity index is 0.00000180. The minimum Gasteiger partial charge on any atom is -0.358 e. The topological polar surface area (TPSA) is 105 Å². The van der Waals surface area contributed by atoms with Crippen LogP contribution < -0.4 is 5.73 Å². The van der Waals surface area contributed by atoms with Crippen molar-refractivity contribution < 1.29 is 9.72 Å². The number of likely N-dealkylation sites (tertiary alicyclic amines) is 1. The van der Waals surface area contributed by atoms with Crippen molar-refractivity contribution >= 4 is 24.1 Å². The number of carbonyl (C=O) groups is 1. The van der Waals surface area contributed by atoms with E-state index in [4.69, 9.17) is 5.73 Å². The van der Waals surface area contributed by atoms with E-state index in [1.807, 2.05) is 6.92 Å². The number of H-pyrrole nitrogens is 1. The molecule has 1 atom stereocenters. The van der Waals surface area contributed by atoms with Crippen LogP contribution in [0.4, 0.5) is 5.82 Å². The molecule has 0 saturated carbocycles. The molecule has 1 aliphatic rings. The SMILES string of the molecule is CC1(CN)CCN(C(=O)c2ccc([N+](=O)[O-])[nH]2)C1.Cl. The molecule has 0 aliphatic carbocycles. The van der Waals surface area contributed by atoms with Crippen LogP contribution in [0, 0.1) is 15.5 Å². The van der Waals surface area contributed by atoms with Crippen LogP contribution in [0.1, 0.15) is 23.8 Å². The van der Waals surface area contributed by atoms with E-state index in [1.54, 1.807) is 4.90 Å². The zero-order valence-corrected chi connectivity index (χ0v) is 11.4. The molecule has 7 nitrogen and oxygen atoms in total. The molecule has 1 fully saturated rings. The average molecular weight is 289 g/mol. The van der Waals surface area contributed by atoms with Gasteiger partial charge in [0.05, 0.1) is 0 Å². The first-order valence-electron chi connectivity index (χ1n) is 5.78. The molecule has 1 amide bonds. The second-order valence-corrected chi connectivity index (χ2v) is 5.01. The summed E-state index contributed by atoms with van der Waals surface area (Å²) in [4.78, 5) is 26.3. The molecule has 2 heterocycles. The third-order valence-corrected chi connectivity index (χ3v) is 3.44. The zero-order chi connectivity index (χ0) is 13.3. The summed E-state index contributed by atoms with van der Waals surface area (Å²) >= 11 is 0. The molecular weight excluding hydrogens is 272 g/mol. The fraction of sp³-hybridized carbons (Fsp3) is 0.545. The summed E-state index contributed by atoms with van der Waals surface area (Å²) in [6.07, 6.45) is 0.859. The predicted octanol–water partition coefficient (Wildman–Crippen LogP) is 1.16. The fourth-order valence-electron chi connectivity index (χ4n) is 2.15. The summed E-state index contributed by atoms with van der Waals surface area (Å²) in [5.41, 5.74) is 5.88. The van der Waals surface area contributed by atoms with Crippen molar-refractivity contribution in [2.45, 2.75) is 13.3 Å². The largest absolute Gasteiger partial charge is 0.358 e. The smallest absolute Gasteiger partial charge is 0.321 e. The van der Waals surface area contributed by atoms with E-state index in [0.717, 1.165) is 6.42 Å². The van der Waals surface area contributed by atoms with Gasteiger partial charge in [-0.2, -0.15) is 0 Å². The van der Waals surface area contributed by atoms with Crippen molar-refractivity contribution in [3.63, 3.8) is 0 Å². The van der Waals surface area contributed by atoms with Gasteiger partial charge in [0.1, 0.15) is 0 Å². The van der Waals surface area contributed by atoms with Crippen molar-refractivity contribution in [2.24, 2.45) is 11.1 Å². The molecule has 3 N–H and O–H groups in total. The van der Waals surface area contributed by atoms with Gasteiger partial charge in [0.25, 0.3) is 5.91 Å². The second-order valence-electron chi connectivity index (χ2n) is 5.01. The molecular formula is C11H17ClN4O3. The van der Waals surface area contributed by atoms with Gasteiger partial charge in [-0.1, -0.05) is 6.92 Å². The summed E-state index contributed by atoms with van der Waals surface area (Å²) in [6.45, 7) is 3.80. The van der Waals surface area contributed by atoms with E-state index >= 15 is 0 Å². The number of amides is 1. The predicted molar refractivity (Wildman–Crippen MR) is 72.4 cm³/mol. The van der Waals surface area contributed by atoms with Gasteiger partial charge in [-0.25, -0.2) is 4.98 Å². The van der Waals surface area contributed by atoms with Crippen LogP contribution in [0.3, 0.4) is 0 Å². The van der Waals surface area contributed by atoms with Gasteiger partial charge in [0.15, 0.2) is 5.69 Å². The monoisotopic (exact) mass is 288 g/mol. The van der Waals surface area contributed by atoms with Crippen molar-refractivity contribution in [1.29, 1.82) is 0 Å². The minimum atomic E-state index is -0.551. The minimum absolute atomic E-state index is 0. The Morgan fingerprint density at radius 3 is 2.79 bits per heavy atom. The van der Waals surface area contributed by atoms with E-state index in [2.05, 4.69) is 4.98 Å². The molecule has 0 bridgehead atoms. The van der Waals surface area contributed by atoms with Gasteiger partial charge in [-0.15, -0.1) is 12.4 Å². The summed E-state index contributed by atoms with van der Waals surface area (Å²) < 4.78 is 0. The van der Waals surface area contributed by atoms with Crippen LogP contribution in [-0.2, 0) is 0 Å². The molecule has 1 aliphatic heterocycles. The van der Waals surface area contributed by atoms with Gasteiger partial charge in [-0.3, -0.25) is 4.79 Å². The Bertz CT molecular complexity index is 490. The average Bonchev–Trinajstić information content (AvgIpc) is 2.95. The van der Waals surface area contributed by atoms with Gasteiger partial charge in [0, 0.05) is 19.2 Å². The number of rotatable bonds is 3. The van der Waals surface area contributed by atoms with Crippen LogP contribution in [0.25, 0.3) is 0 Å². The first-order valence-corrected chi connectivity index (χ1v) is 5.78. The first kappa shape index (κ1) is 15.5. The Morgan fingerprint density at radius 1 is 1.63 bits per heavy atom. The lowest BCUT2D eigenvalue weighted by Gasteiger charge is -2.21. The summed E-state index contributed by atoms with van der Waals surface area (Å²) in [5, 5.41) is 10.5. The quantitative estimate of drug-likeness (QED) is 0.643. The van der Waals surface area contributed by atoms with Crippen LogP contribution >= 0.6 is 12.4 Å². The number of carbonyl (C=O) groups excluding carboxylic acids is 1. The highest BCUT2D eigenvalue weighted by Crippen LogP contribution is 2.29. The molecule has 1 aromatic rings. The van der Waals surface area contributed by atoms with E-state index < -0.39 is 4.92 Å². The van der Waals surface area contributed by atoms with Crippen LogP contribution in [0.15, 0.2) is 12.1 Å². The standard InChI is InChI=1S/C11H16N4O3.ClH/c1-11(6-12)4-5-14(7-11)10(16)8-2-3-9(13-8)15(17)18;/h2-3,13H,4-7,12H2,1H3;1H. The van der Waals surface area contributed by atoms with Crippen molar-refractivity contribution in [3.8, 4) is 0 Å². The van der Waals surface area contributed by atoms with Crippen molar-refractivity contribution in [1.82, 2.24) is 9.88 Å². The molecule has 19 heavy (non-hydrogen) atoms. The molecule has 1 saturated heterocycles. The second kappa shape index (κ2) is 5.58. The van der Waals surface area contributed by atoms with Gasteiger partial charge >= 0.3 is 5.82 Å². The van der Waals surface area contributed by atoms with Gasteiger partial charge < -0.3 is 20.7 Å². The molecule has 1 aromatic heterocycles. The number of nitrogens with zero attached hydrogens (tertiary/aromatic N) is 2. The maximum absolute atomic E-state index is 12.1. The molecule has 0 spiro atoms. The number of hydrogen-bond acceptors (Lipinski definition) is 4. The zero-order valence-electron chi connectivity index (χ0n) is 10.6. The van der Waals surface area contributed by atoms with E-state index in [0.29, 0.717) is 19.6 Å². The molecule has 1 unspecified atom stereocenters. The van der Waals surface area contributed by atoms with E-state index in [1.165, 1.54) is 12.1 Å². The fourth-order valence-corrected chi connectivity index (χ4v) is 2.15. The number of aromatic amines is 1. The van der Waals surface area contributed by atoms with Gasteiger partial charge in [-0.05, 0) is 29.4 Å². The summed E-state index contributed by atoms with van der Waals surface area (Å²) in [5.74, 6) is -0.376. The van der Waals surface area contributed by atoms with Crippen LogP contribution in [-0.4, -0.2) is 40.3 Å². The number of nitrogens with two attached hydrogens (primary N) is 1.